The summed E-state index contributed by atoms with van der Waals surface area (Å²) in [5, 5.41) is 4.14. The molecule has 2 N–H and O–H groups in total. The number of H-pyrrole nitrogens is 1. The molecule has 2 heterocycles. The summed E-state index contributed by atoms with van der Waals surface area (Å²) in [6.07, 6.45) is 0. The van der Waals surface area contributed by atoms with E-state index in [1.54, 1.807) is 0 Å². The summed E-state index contributed by atoms with van der Waals surface area (Å²) in [7, 11) is 0. The Labute approximate surface area is 183 Å². The summed E-state index contributed by atoms with van der Waals surface area (Å²) < 4.78 is 0. The maximum absolute atomic E-state index is 12.9. The van der Waals surface area contributed by atoms with E-state index in [1.807, 2.05) is 60.4 Å². The fourth-order valence-electron chi connectivity index (χ4n) is 4.19. The van der Waals surface area contributed by atoms with Crippen LogP contribution in [0.2, 0.25) is 0 Å². The van der Waals surface area contributed by atoms with Crippen molar-refractivity contribution < 1.29 is 9.59 Å². The van der Waals surface area contributed by atoms with E-state index < -0.39 is 0 Å². The minimum absolute atomic E-state index is 0.0107. The van der Waals surface area contributed by atoms with Crippen LogP contribution < -0.4 is 5.32 Å². The van der Waals surface area contributed by atoms with Crippen molar-refractivity contribution in [3.05, 3.63) is 65.9 Å². The van der Waals surface area contributed by atoms with Gasteiger partial charge in [0.05, 0.1) is 6.04 Å². The Bertz CT molecular complexity index is 1050. The highest BCUT2D eigenvalue weighted by molar-refractivity contribution is 5.98. The molecule has 2 amide bonds. The predicted octanol–water partition coefficient (Wildman–Crippen LogP) is 4.08. The number of rotatable bonds is 5. The van der Waals surface area contributed by atoms with Crippen LogP contribution in [0.15, 0.2) is 54.6 Å². The number of fused-ring (bicyclic) bond motifs is 1. The van der Waals surface area contributed by atoms with Crippen molar-refractivity contribution in [2.75, 3.05) is 31.5 Å². The van der Waals surface area contributed by atoms with Gasteiger partial charge in [-0.2, -0.15) is 0 Å². The molecule has 4 rings (SSSR count). The molecule has 1 unspecified atom stereocenters. The van der Waals surface area contributed by atoms with Gasteiger partial charge in [-0.3, -0.25) is 14.5 Å². The van der Waals surface area contributed by atoms with Gasteiger partial charge in [0, 0.05) is 42.8 Å². The second-order valence-corrected chi connectivity index (χ2v) is 8.51. The molecule has 31 heavy (non-hydrogen) atoms. The molecule has 1 saturated heterocycles. The van der Waals surface area contributed by atoms with Crippen LogP contribution in [0.1, 0.15) is 42.7 Å². The molecule has 1 aliphatic heterocycles. The maximum Gasteiger partial charge on any atom is 0.270 e. The lowest BCUT2D eigenvalue weighted by atomic mass is 10.0. The molecule has 1 aliphatic rings. The number of carbonyl (C=O) groups excluding carboxylic acids is 2. The molecule has 0 aliphatic carbocycles. The van der Waals surface area contributed by atoms with Gasteiger partial charge in [-0.1, -0.05) is 50.2 Å². The number of benzene rings is 2. The fourth-order valence-corrected chi connectivity index (χ4v) is 4.19. The zero-order chi connectivity index (χ0) is 22.0. The molecule has 0 spiro atoms. The summed E-state index contributed by atoms with van der Waals surface area (Å²) in [5.74, 6) is 0.341. The number of para-hydroxylation sites is 2. The van der Waals surface area contributed by atoms with Gasteiger partial charge in [0.25, 0.3) is 5.91 Å². The summed E-state index contributed by atoms with van der Waals surface area (Å²) in [4.78, 5) is 33.0. The van der Waals surface area contributed by atoms with Crippen LogP contribution in [-0.2, 0) is 4.79 Å². The first-order chi connectivity index (χ1) is 14.9. The average molecular weight is 419 g/mol. The van der Waals surface area contributed by atoms with Crippen molar-refractivity contribution >= 4 is 28.4 Å². The van der Waals surface area contributed by atoms with Gasteiger partial charge in [-0.15, -0.1) is 0 Å². The quantitative estimate of drug-likeness (QED) is 0.656. The highest BCUT2D eigenvalue weighted by Crippen LogP contribution is 2.24. The van der Waals surface area contributed by atoms with Crippen molar-refractivity contribution in [3.63, 3.8) is 0 Å². The largest absolute Gasteiger partial charge is 0.351 e. The van der Waals surface area contributed by atoms with Crippen LogP contribution in [-0.4, -0.2) is 58.8 Å². The molecule has 2 aromatic carbocycles. The topological polar surface area (TPSA) is 68.4 Å². The van der Waals surface area contributed by atoms with Crippen LogP contribution in [0, 0.1) is 0 Å². The number of hydrogen-bond donors (Lipinski definition) is 2. The van der Waals surface area contributed by atoms with E-state index in [0.717, 1.165) is 22.2 Å². The molecule has 0 radical (unpaired) electrons. The monoisotopic (exact) mass is 418 g/mol. The number of hydrogen-bond acceptors (Lipinski definition) is 3. The van der Waals surface area contributed by atoms with Gasteiger partial charge < -0.3 is 15.2 Å². The van der Waals surface area contributed by atoms with Gasteiger partial charge >= 0.3 is 0 Å². The first kappa shape index (κ1) is 21.1. The third-order valence-electron chi connectivity index (χ3n) is 6.13. The molecular weight excluding hydrogens is 388 g/mol. The van der Waals surface area contributed by atoms with Crippen LogP contribution in [0.25, 0.3) is 10.9 Å². The molecule has 6 heteroatoms. The molecule has 1 atom stereocenters. The summed E-state index contributed by atoms with van der Waals surface area (Å²) >= 11 is 0. The van der Waals surface area contributed by atoms with Crippen molar-refractivity contribution in [1.82, 2.24) is 14.8 Å². The van der Waals surface area contributed by atoms with Gasteiger partial charge in [-0.25, -0.2) is 0 Å². The van der Waals surface area contributed by atoms with Gasteiger partial charge in [0.1, 0.15) is 5.69 Å². The van der Waals surface area contributed by atoms with E-state index in [9.17, 15) is 9.59 Å². The smallest absolute Gasteiger partial charge is 0.270 e. The van der Waals surface area contributed by atoms with E-state index in [0.29, 0.717) is 37.8 Å². The normalized spacial score (nSPS) is 15.9. The van der Waals surface area contributed by atoms with Crippen LogP contribution in [0.5, 0.6) is 0 Å². The van der Waals surface area contributed by atoms with Crippen molar-refractivity contribution in [2.24, 2.45) is 0 Å². The highest BCUT2D eigenvalue weighted by Gasteiger charge is 2.28. The number of carbonyl (C=O) groups is 2. The van der Waals surface area contributed by atoms with Crippen molar-refractivity contribution in [2.45, 2.75) is 32.7 Å². The Morgan fingerprint density at radius 1 is 0.935 bits per heavy atom. The maximum atomic E-state index is 12.9. The first-order valence-electron chi connectivity index (χ1n) is 10.9. The van der Waals surface area contributed by atoms with Crippen LogP contribution in [0.3, 0.4) is 0 Å². The Morgan fingerprint density at radius 2 is 1.61 bits per heavy atom. The van der Waals surface area contributed by atoms with E-state index in [2.05, 4.69) is 35.1 Å². The summed E-state index contributed by atoms with van der Waals surface area (Å²) in [6, 6.07) is 17.5. The van der Waals surface area contributed by atoms with E-state index in [4.69, 9.17) is 0 Å². The lowest BCUT2D eigenvalue weighted by Crippen LogP contribution is -2.54. The Kier molecular flexibility index (Phi) is 6.09. The van der Waals surface area contributed by atoms with E-state index in [1.165, 1.54) is 0 Å². The number of aromatic amines is 1. The minimum Gasteiger partial charge on any atom is -0.351 e. The van der Waals surface area contributed by atoms with Crippen LogP contribution >= 0.6 is 0 Å². The van der Waals surface area contributed by atoms with E-state index in [-0.39, 0.29) is 17.9 Å². The van der Waals surface area contributed by atoms with Crippen LogP contribution in [0.4, 0.5) is 5.69 Å². The van der Waals surface area contributed by atoms with Crippen molar-refractivity contribution in [1.29, 1.82) is 0 Å². The summed E-state index contributed by atoms with van der Waals surface area (Å²) in [6.45, 7) is 8.74. The third-order valence-corrected chi connectivity index (χ3v) is 6.13. The minimum atomic E-state index is -0.259. The Balaban J connectivity index is 1.35. The zero-order valence-electron chi connectivity index (χ0n) is 18.4. The first-order valence-corrected chi connectivity index (χ1v) is 10.9. The zero-order valence-corrected chi connectivity index (χ0v) is 18.4. The predicted molar refractivity (Wildman–Crippen MR) is 124 cm³/mol. The highest BCUT2D eigenvalue weighted by atomic mass is 16.2. The second kappa shape index (κ2) is 8.94. The number of aromatic nitrogens is 1. The lowest BCUT2D eigenvalue weighted by molar-refractivity contribution is -0.121. The van der Waals surface area contributed by atoms with Crippen molar-refractivity contribution in [3.8, 4) is 0 Å². The molecule has 1 aromatic heterocycles. The molecule has 1 fully saturated rings. The molecule has 6 nitrogen and oxygen atoms in total. The Hall–Kier alpha value is -3.12. The molecule has 3 aromatic rings. The average Bonchev–Trinajstić information content (AvgIpc) is 3.22. The molecule has 0 bridgehead atoms. The number of anilines is 1. The van der Waals surface area contributed by atoms with E-state index >= 15 is 0 Å². The standard InChI is InChI=1S/C25H30N4O2/c1-17(2)20-9-5-7-11-22(20)27-24(30)18(3)28-12-14-29(15-13-28)25(31)23-16-19-8-4-6-10-21(19)26-23/h4-11,16-18,26H,12-15H2,1-3H3,(H,27,30). The molecule has 0 saturated carbocycles. The van der Waals surface area contributed by atoms with Gasteiger partial charge in [0.2, 0.25) is 5.91 Å². The lowest BCUT2D eigenvalue weighted by Gasteiger charge is -2.37. The SMILES string of the molecule is CC(C)c1ccccc1NC(=O)C(C)N1CCN(C(=O)c2cc3ccccc3[nH]2)CC1. The number of nitrogens with zero attached hydrogens (tertiary/aromatic N) is 2. The second-order valence-electron chi connectivity index (χ2n) is 8.51. The summed E-state index contributed by atoms with van der Waals surface area (Å²) in [5.41, 5.74) is 3.60. The third kappa shape index (κ3) is 4.49. The number of piperazine rings is 1. The molecule has 162 valence electrons. The van der Waals surface area contributed by atoms with Gasteiger partial charge in [-0.05, 0) is 36.6 Å². The van der Waals surface area contributed by atoms with Gasteiger partial charge in [0.15, 0.2) is 0 Å². The Morgan fingerprint density at radius 3 is 2.32 bits per heavy atom. The fraction of sp³-hybridized carbons (Fsp3) is 0.360. The molecular formula is C25H30N4O2. The number of nitrogens with one attached hydrogen (secondary N) is 2. The number of amides is 2.